The van der Waals surface area contributed by atoms with Crippen LogP contribution in [0.3, 0.4) is 0 Å². The van der Waals surface area contributed by atoms with Crippen LogP contribution in [0.4, 0.5) is 0 Å². The van der Waals surface area contributed by atoms with Crippen LogP contribution >= 0.6 is 0 Å². The second kappa shape index (κ2) is 4.58. The number of nitrogens with one attached hydrogen (secondary N) is 2. The molecule has 0 bridgehead atoms. The smallest absolute Gasteiger partial charge is 0.248 e. The molecule has 3 N–H and O–H groups in total. The van der Waals surface area contributed by atoms with E-state index < -0.39 is 6.10 Å². The van der Waals surface area contributed by atoms with Crippen molar-refractivity contribution in [1.29, 1.82) is 0 Å². The van der Waals surface area contributed by atoms with Crippen molar-refractivity contribution in [3.05, 3.63) is 0 Å². The Morgan fingerprint density at radius 1 is 1.62 bits per heavy atom. The molecule has 0 saturated carbocycles. The average Bonchev–Trinajstić information content (AvgIpc) is 2.55. The summed E-state index contributed by atoms with van der Waals surface area (Å²) in [6.07, 6.45) is 0.193. The Kier molecular flexibility index (Phi) is 3.69. The number of carbonyl (C=O) groups excluding carboxylic acids is 1. The Balaban J connectivity index is 2.31. The van der Waals surface area contributed by atoms with E-state index in [1.165, 1.54) is 6.92 Å². The molecule has 0 radical (unpaired) electrons. The maximum Gasteiger partial charge on any atom is 0.248 e. The fraction of sp³-hybridized carbons (Fsp3) is 0.889. The fourth-order valence-electron chi connectivity index (χ4n) is 1.57. The van der Waals surface area contributed by atoms with Gasteiger partial charge in [0.1, 0.15) is 6.10 Å². The molecule has 1 saturated heterocycles. The molecule has 2 unspecified atom stereocenters. The molecular weight excluding hydrogens is 168 g/mol. The summed E-state index contributed by atoms with van der Waals surface area (Å²) in [6.45, 7) is 5.45. The second-order valence-electron chi connectivity index (χ2n) is 3.73. The van der Waals surface area contributed by atoms with E-state index in [-0.39, 0.29) is 11.9 Å². The zero-order chi connectivity index (χ0) is 9.84. The van der Waals surface area contributed by atoms with Crippen LogP contribution < -0.4 is 10.6 Å². The third kappa shape index (κ3) is 2.97. The lowest BCUT2D eigenvalue weighted by Crippen LogP contribution is -2.43. The predicted molar refractivity (Wildman–Crippen MR) is 50.3 cm³/mol. The first-order valence-electron chi connectivity index (χ1n) is 4.80. The third-order valence-corrected chi connectivity index (χ3v) is 2.55. The van der Waals surface area contributed by atoms with Gasteiger partial charge in [-0.25, -0.2) is 0 Å². The van der Waals surface area contributed by atoms with Gasteiger partial charge in [-0.2, -0.15) is 0 Å². The molecule has 1 heterocycles. The summed E-state index contributed by atoms with van der Waals surface area (Å²) in [5.74, 6) is 0.224. The molecule has 76 valence electrons. The Morgan fingerprint density at radius 2 is 2.31 bits per heavy atom. The fourth-order valence-corrected chi connectivity index (χ4v) is 1.57. The van der Waals surface area contributed by atoms with E-state index in [0.29, 0.717) is 5.92 Å². The molecule has 0 aromatic carbocycles. The minimum absolute atomic E-state index is 0.150. The van der Waals surface area contributed by atoms with Crippen molar-refractivity contribution < 1.29 is 9.90 Å². The number of hydrogen-bond acceptors (Lipinski definition) is 3. The first kappa shape index (κ1) is 10.5. The summed E-state index contributed by atoms with van der Waals surface area (Å²) in [6, 6.07) is 0.150. The second-order valence-corrected chi connectivity index (χ2v) is 3.73. The molecule has 1 fully saturated rings. The van der Waals surface area contributed by atoms with Crippen LogP contribution in [-0.4, -0.2) is 36.2 Å². The number of carbonyl (C=O) groups is 1. The summed E-state index contributed by atoms with van der Waals surface area (Å²) in [4.78, 5) is 11.1. The molecule has 1 aliphatic rings. The maximum atomic E-state index is 11.1. The van der Waals surface area contributed by atoms with Gasteiger partial charge in [0.2, 0.25) is 5.91 Å². The van der Waals surface area contributed by atoms with E-state index in [1.54, 1.807) is 0 Å². The lowest BCUT2D eigenvalue weighted by atomic mass is 10.0. The maximum absolute atomic E-state index is 11.1. The van der Waals surface area contributed by atoms with E-state index in [9.17, 15) is 4.79 Å². The molecular formula is C9H18N2O2. The lowest BCUT2D eigenvalue weighted by Gasteiger charge is -2.20. The van der Waals surface area contributed by atoms with Gasteiger partial charge in [-0.05, 0) is 39.3 Å². The number of hydrogen-bond donors (Lipinski definition) is 3. The summed E-state index contributed by atoms with van der Waals surface area (Å²) in [5.41, 5.74) is 0. The van der Waals surface area contributed by atoms with Crippen LogP contribution in [0.5, 0.6) is 0 Å². The van der Waals surface area contributed by atoms with Gasteiger partial charge in [0.25, 0.3) is 0 Å². The zero-order valence-electron chi connectivity index (χ0n) is 8.21. The normalized spacial score (nSPS) is 26.8. The van der Waals surface area contributed by atoms with Gasteiger partial charge in [-0.1, -0.05) is 0 Å². The van der Waals surface area contributed by atoms with Gasteiger partial charge >= 0.3 is 0 Å². The highest BCUT2D eigenvalue weighted by Gasteiger charge is 2.23. The molecule has 13 heavy (non-hydrogen) atoms. The Labute approximate surface area is 78.7 Å². The van der Waals surface area contributed by atoms with Crippen LogP contribution in [-0.2, 0) is 4.79 Å². The van der Waals surface area contributed by atoms with Crippen molar-refractivity contribution in [2.24, 2.45) is 5.92 Å². The zero-order valence-corrected chi connectivity index (χ0v) is 8.21. The Hall–Kier alpha value is -0.610. The Morgan fingerprint density at radius 3 is 2.77 bits per heavy atom. The van der Waals surface area contributed by atoms with Crippen molar-refractivity contribution >= 4 is 5.91 Å². The quantitative estimate of drug-likeness (QED) is 0.556. The van der Waals surface area contributed by atoms with Gasteiger partial charge in [-0.3, -0.25) is 4.79 Å². The van der Waals surface area contributed by atoms with Crippen LogP contribution in [0.25, 0.3) is 0 Å². The van der Waals surface area contributed by atoms with E-state index in [4.69, 9.17) is 5.11 Å². The summed E-state index contributed by atoms with van der Waals surface area (Å²) < 4.78 is 0. The molecule has 1 aliphatic heterocycles. The molecule has 3 atom stereocenters. The van der Waals surface area contributed by atoms with Crippen molar-refractivity contribution in [3.63, 3.8) is 0 Å². The highest BCUT2D eigenvalue weighted by molar-refractivity contribution is 5.80. The molecule has 0 aromatic heterocycles. The van der Waals surface area contributed by atoms with Gasteiger partial charge in [0, 0.05) is 6.04 Å². The molecule has 0 spiro atoms. The molecule has 4 nitrogen and oxygen atoms in total. The summed E-state index contributed by atoms with van der Waals surface area (Å²) in [7, 11) is 0. The van der Waals surface area contributed by atoms with E-state index in [1.807, 2.05) is 6.92 Å². The largest absolute Gasteiger partial charge is 0.384 e. The van der Waals surface area contributed by atoms with Crippen molar-refractivity contribution in [1.82, 2.24) is 10.6 Å². The van der Waals surface area contributed by atoms with Crippen LogP contribution in [0.1, 0.15) is 20.3 Å². The van der Waals surface area contributed by atoms with Crippen LogP contribution in [0.2, 0.25) is 0 Å². The third-order valence-electron chi connectivity index (χ3n) is 2.55. The number of rotatable bonds is 3. The average molecular weight is 186 g/mol. The van der Waals surface area contributed by atoms with Crippen LogP contribution in [0, 0.1) is 5.92 Å². The molecule has 4 heteroatoms. The van der Waals surface area contributed by atoms with Gasteiger partial charge in [-0.15, -0.1) is 0 Å². The molecule has 1 amide bonds. The minimum Gasteiger partial charge on any atom is -0.384 e. The number of aliphatic hydroxyl groups excluding tert-OH is 1. The van der Waals surface area contributed by atoms with Gasteiger partial charge in [0.05, 0.1) is 0 Å². The monoisotopic (exact) mass is 186 g/mol. The highest BCUT2D eigenvalue weighted by Crippen LogP contribution is 2.12. The molecule has 0 aliphatic carbocycles. The molecule has 1 rings (SSSR count). The lowest BCUT2D eigenvalue weighted by molar-refractivity contribution is -0.129. The first-order chi connectivity index (χ1) is 6.11. The van der Waals surface area contributed by atoms with Crippen molar-refractivity contribution in [2.75, 3.05) is 13.1 Å². The predicted octanol–water partition coefficient (Wildman–Crippen LogP) is -0.519. The van der Waals surface area contributed by atoms with E-state index in [0.717, 1.165) is 19.5 Å². The van der Waals surface area contributed by atoms with E-state index >= 15 is 0 Å². The van der Waals surface area contributed by atoms with Gasteiger partial charge < -0.3 is 15.7 Å². The van der Waals surface area contributed by atoms with Crippen LogP contribution in [0.15, 0.2) is 0 Å². The van der Waals surface area contributed by atoms with Gasteiger partial charge in [0.15, 0.2) is 0 Å². The van der Waals surface area contributed by atoms with Crippen molar-refractivity contribution in [3.8, 4) is 0 Å². The standard InChI is InChI=1S/C9H18N2O2/c1-6(8-3-4-10-5-8)11-9(13)7(2)12/h6-8,10,12H,3-5H2,1-2H3,(H,11,13)/t6?,7-,8?/m0/s1. The summed E-state index contributed by atoms with van der Waals surface area (Å²) >= 11 is 0. The summed E-state index contributed by atoms with van der Waals surface area (Å²) in [5, 5.41) is 15.0. The Bertz CT molecular complexity index is 176. The van der Waals surface area contributed by atoms with E-state index in [2.05, 4.69) is 10.6 Å². The van der Waals surface area contributed by atoms with Crippen molar-refractivity contribution in [2.45, 2.75) is 32.4 Å². The SMILES string of the molecule is CC(NC(=O)[C@H](C)O)C1CCNC1. The highest BCUT2D eigenvalue weighted by atomic mass is 16.3. The number of amides is 1. The minimum atomic E-state index is -0.906. The first-order valence-corrected chi connectivity index (χ1v) is 4.80. The number of aliphatic hydroxyl groups is 1. The molecule has 0 aromatic rings. The topological polar surface area (TPSA) is 61.4 Å².